The molecule has 1 aliphatic carbocycles. The molecule has 150 valence electrons. The van der Waals surface area contributed by atoms with Gasteiger partial charge in [-0.3, -0.25) is 19.1 Å². The minimum absolute atomic E-state index is 0.0860. The van der Waals surface area contributed by atoms with Crippen LogP contribution in [0, 0.1) is 6.92 Å². The number of pyridine rings is 1. The quantitative estimate of drug-likeness (QED) is 0.800. The highest BCUT2D eigenvalue weighted by Gasteiger charge is 2.18. The Hall–Kier alpha value is -2.35. The van der Waals surface area contributed by atoms with E-state index in [9.17, 15) is 9.59 Å². The van der Waals surface area contributed by atoms with Crippen molar-refractivity contribution >= 4 is 29.4 Å². The molecule has 1 unspecified atom stereocenters. The number of aromatic nitrogens is 2. The second-order valence-electron chi connectivity index (χ2n) is 7.01. The van der Waals surface area contributed by atoms with Gasteiger partial charge in [0.1, 0.15) is 11.2 Å². The Morgan fingerprint density at radius 1 is 1.36 bits per heavy atom. The predicted molar refractivity (Wildman–Crippen MR) is 109 cm³/mol. The maximum Gasteiger partial charge on any atom is 0.242 e. The number of hydrogen-bond acceptors (Lipinski definition) is 6. The lowest BCUT2D eigenvalue weighted by Crippen LogP contribution is -2.31. The van der Waals surface area contributed by atoms with Gasteiger partial charge in [-0.05, 0) is 38.8 Å². The van der Waals surface area contributed by atoms with Gasteiger partial charge in [-0.15, -0.1) is 11.8 Å². The number of amides is 1. The molecule has 1 N–H and O–H groups in total. The Balaban J connectivity index is 1.60. The van der Waals surface area contributed by atoms with Gasteiger partial charge in [0.2, 0.25) is 11.8 Å². The van der Waals surface area contributed by atoms with E-state index in [1.165, 1.54) is 31.0 Å². The molecule has 1 saturated carbocycles. The van der Waals surface area contributed by atoms with Gasteiger partial charge in [0.25, 0.3) is 0 Å². The van der Waals surface area contributed by atoms with Crippen molar-refractivity contribution in [1.29, 1.82) is 0 Å². The van der Waals surface area contributed by atoms with Crippen molar-refractivity contribution in [3.8, 4) is 0 Å². The fourth-order valence-electron chi connectivity index (χ4n) is 3.14. The van der Waals surface area contributed by atoms with Crippen molar-refractivity contribution in [2.75, 3.05) is 11.1 Å². The first-order valence-corrected chi connectivity index (χ1v) is 10.7. The van der Waals surface area contributed by atoms with Crippen LogP contribution in [0.4, 0.5) is 5.82 Å². The minimum atomic E-state index is -0.399. The van der Waals surface area contributed by atoms with Crippen LogP contribution in [-0.2, 0) is 4.79 Å². The van der Waals surface area contributed by atoms with Crippen molar-refractivity contribution < 1.29 is 14.1 Å². The smallest absolute Gasteiger partial charge is 0.242 e. The van der Waals surface area contributed by atoms with E-state index in [1.807, 2.05) is 18.2 Å². The van der Waals surface area contributed by atoms with Gasteiger partial charge in [-0.1, -0.05) is 30.5 Å². The minimum Gasteiger partial charge on any atom is -0.360 e. The average Bonchev–Trinajstić information content (AvgIpc) is 3.11. The van der Waals surface area contributed by atoms with Crippen LogP contribution < -0.4 is 10.8 Å². The van der Waals surface area contributed by atoms with Gasteiger partial charge in [0.15, 0.2) is 5.82 Å². The van der Waals surface area contributed by atoms with Crippen LogP contribution in [0.2, 0.25) is 0 Å². The molecule has 0 saturated heterocycles. The molecular weight excluding hydrogens is 376 g/mol. The number of carbonyl (C=O) groups excluding carboxylic acids is 2. The first-order valence-electron chi connectivity index (χ1n) is 9.63. The van der Waals surface area contributed by atoms with Gasteiger partial charge in [-0.25, -0.2) is 0 Å². The van der Waals surface area contributed by atoms with Crippen LogP contribution >= 0.6 is 11.8 Å². The number of carbonyl (C=O) groups is 2. The van der Waals surface area contributed by atoms with E-state index < -0.39 is 5.25 Å². The summed E-state index contributed by atoms with van der Waals surface area (Å²) in [5.74, 6) is 0.898. The highest BCUT2D eigenvalue weighted by molar-refractivity contribution is 8.01. The summed E-state index contributed by atoms with van der Waals surface area (Å²) < 4.78 is 6.53. The maximum atomic E-state index is 12.7. The lowest BCUT2D eigenvalue weighted by atomic mass is 9.96. The third kappa shape index (κ3) is 5.58. The second-order valence-corrected chi connectivity index (χ2v) is 8.34. The molecule has 0 aromatic carbocycles. The summed E-state index contributed by atoms with van der Waals surface area (Å²) in [5, 5.41) is 6.04. The van der Waals surface area contributed by atoms with Gasteiger partial charge >= 0.3 is 0 Å². The first kappa shape index (κ1) is 20.4. The third-order valence-electron chi connectivity index (χ3n) is 4.70. The van der Waals surface area contributed by atoms with Gasteiger partial charge in [0, 0.05) is 12.3 Å². The molecule has 0 bridgehead atoms. The number of aryl methyl sites for hydroxylation is 1. The largest absolute Gasteiger partial charge is 0.360 e. The monoisotopic (exact) mass is 402 g/mol. The molecule has 0 radical (unpaired) electrons. The van der Waals surface area contributed by atoms with Crippen molar-refractivity contribution in [2.24, 2.45) is 4.99 Å². The summed E-state index contributed by atoms with van der Waals surface area (Å²) in [7, 11) is 0. The molecule has 8 heteroatoms. The molecule has 28 heavy (non-hydrogen) atoms. The van der Waals surface area contributed by atoms with E-state index in [4.69, 9.17) is 9.52 Å². The zero-order valence-corrected chi connectivity index (χ0v) is 17.1. The summed E-state index contributed by atoms with van der Waals surface area (Å²) in [5.41, 5.74) is 0.690. The van der Waals surface area contributed by atoms with Gasteiger partial charge < -0.3 is 9.84 Å². The van der Waals surface area contributed by atoms with Crippen LogP contribution in [-0.4, -0.2) is 38.6 Å². The summed E-state index contributed by atoms with van der Waals surface area (Å²) >= 11 is 1.29. The van der Waals surface area contributed by atoms with E-state index in [0.717, 1.165) is 12.8 Å². The molecule has 1 amide bonds. The lowest BCUT2D eigenvalue weighted by Gasteiger charge is -2.18. The Morgan fingerprint density at radius 3 is 2.86 bits per heavy atom. The predicted octanol–water partition coefficient (Wildman–Crippen LogP) is 3.42. The molecule has 0 aliphatic heterocycles. The number of nitrogens with one attached hydrogen (secondary N) is 1. The van der Waals surface area contributed by atoms with E-state index in [2.05, 4.69) is 10.5 Å². The van der Waals surface area contributed by atoms with Crippen LogP contribution in [0.1, 0.15) is 49.6 Å². The van der Waals surface area contributed by atoms with Crippen LogP contribution in [0.3, 0.4) is 0 Å². The number of anilines is 1. The van der Waals surface area contributed by atoms with E-state index in [-0.39, 0.29) is 17.6 Å². The van der Waals surface area contributed by atoms with Crippen molar-refractivity contribution in [3.05, 3.63) is 41.7 Å². The molecule has 2 heterocycles. The summed E-state index contributed by atoms with van der Waals surface area (Å²) in [6.45, 7) is 3.52. The summed E-state index contributed by atoms with van der Waals surface area (Å²) in [4.78, 5) is 29.8. The Kier molecular flexibility index (Phi) is 7.08. The van der Waals surface area contributed by atoms with Gasteiger partial charge in [-0.2, -0.15) is 0 Å². The van der Waals surface area contributed by atoms with Crippen molar-refractivity contribution in [3.63, 3.8) is 0 Å². The first-order chi connectivity index (χ1) is 13.5. The standard InChI is InChI=1S/C20H26N4O3S/c1-14-12-17(23-27-14)22-20(26)15(2)28-13-19(25)24-11-7-6-10-18(24)21-16-8-4-3-5-9-16/h6-7,10-12,15-16H,3-5,8-9,13H2,1-2H3,(H,22,23,26). The average molecular weight is 403 g/mol. The molecule has 1 fully saturated rings. The zero-order valence-electron chi connectivity index (χ0n) is 16.3. The molecule has 1 aliphatic rings. The summed E-state index contributed by atoms with van der Waals surface area (Å²) in [6, 6.07) is 7.54. The van der Waals surface area contributed by atoms with Crippen LogP contribution in [0.5, 0.6) is 0 Å². The maximum absolute atomic E-state index is 12.7. The Labute approximate surface area is 168 Å². The molecule has 1 atom stereocenters. The SMILES string of the molecule is Cc1cc(NC(=O)C(C)SCC(=O)n2ccccc2=NC2CCCCC2)no1. The van der Waals surface area contributed by atoms with Crippen LogP contribution in [0.15, 0.2) is 40.0 Å². The Morgan fingerprint density at radius 2 is 2.14 bits per heavy atom. The number of hydrogen-bond donors (Lipinski definition) is 1. The van der Waals surface area contributed by atoms with Crippen molar-refractivity contribution in [1.82, 2.24) is 9.72 Å². The lowest BCUT2D eigenvalue weighted by molar-refractivity contribution is -0.115. The number of nitrogens with zero attached hydrogens (tertiary/aromatic N) is 3. The van der Waals surface area contributed by atoms with Crippen LogP contribution in [0.25, 0.3) is 0 Å². The number of rotatable bonds is 6. The molecule has 2 aromatic rings. The van der Waals surface area contributed by atoms with E-state index in [1.54, 1.807) is 30.7 Å². The van der Waals surface area contributed by atoms with Crippen molar-refractivity contribution in [2.45, 2.75) is 57.2 Å². The van der Waals surface area contributed by atoms with E-state index in [0.29, 0.717) is 23.1 Å². The fraction of sp³-hybridized carbons (Fsp3) is 0.500. The number of thioether (sulfide) groups is 1. The normalized spacial score (nSPS) is 16.7. The van der Waals surface area contributed by atoms with E-state index >= 15 is 0 Å². The topological polar surface area (TPSA) is 89.5 Å². The fourth-order valence-corrected chi connectivity index (χ4v) is 3.88. The Bertz CT molecular complexity index is 883. The second kappa shape index (κ2) is 9.73. The third-order valence-corrected chi connectivity index (χ3v) is 5.83. The summed E-state index contributed by atoms with van der Waals surface area (Å²) in [6.07, 6.45) is 7.57. The molecule has 2 aromatic heterocycles. The zero-order chi connectivity index (χ0) is 19.9. The molecular formula is C20H26N4O3S. The molecule has 0 spiro atoms. The highest BCUT2D eigenvalue weighted by Crippen LogP contribution is 2.19. The molecule has 3 rings (SSSR count). The molecule has 7 nitrogen and oxygen atoms in total. The highest BCUT2D eigenvalue weighted by atomic mass is 32.2. The van der Waals surface area contributed by atoms with Gasteiger partial charge in [0.05, 0.1) is 17.0 Å².